The summed E-state index contributed by atoms with van der Waals surface area (Å²) < 4.78 is 2.33. The molecule has 3 heterocycles. The van der Waals surface area contributed by atoms with Crippen LogP contribution >= 0.6 is 11.8 Å². The number of aromatic nitrogens is 3. The predicted molar refractivity (Wildman–Crippen MR) is 166 cm³/mol. The summed E-state index contributed by atoms with van der Waals surface area (Å²) >= 11 is 1.86. The van der Waals surface area contributed by atoms with Crippen LogP contribution in [0.3, 0.4) is 0 Å². The molecule has 4 heteroatoms. The van der Waals surface area contributed by atoms with E-state index in [2.05, 4.69) is 114 Å². The Labute approximate surface area is 234 Å². The molecular formula is C36H21N3S. The first kappa shape index (κ1) is 21.9. The Bertz CT molecular complexity index is 2300. The highest BCUT2D eigenvalue weighted by atomic mass is 32.2. The van der Waals surface area contributed by atoms with Crippen LogP contribution in [0.15, 0.2) is 137 Å². The number of nitrogens with zero attached hydrogens (tertiary/aromatic N) is 3. The lowest BCUT2D eigenvalue weighted by molar-refractivity contribution is 1.08. The monoisotopic (exact) mass is 527 g/mol. The van der Waals surface area contributed by atoms with Gasteiger partial charge in [-0.25, -0.2) is 9.97 Å². The minimum atomic E-state index is 0.852. The molecule has 9 rings (SSSR count). The van der Waals surface area contributed by atoms with Crippen molar-refractivity contribution in [2.75, 3.05) is 0 Å². The molecule has 186 valence electrons. The fourth-order valence-corrected chi connectivity index (χ4v) is 7.36. The van der Waals surface area contributed by atoms with Gasteiger partial charge in [0, 0.05) is 31.5 Å². The minimum Gasteiger partial charge on any atom is -0.292 e. The third kappa shape index (κ3) is 3.08. The number of benzene rings is 6. The molecule has 0 spiro atoms. The van der Waals surface area contributed by atoms with Crippen molar-refractivity contribution in [1.29, 1.82) is 0 Å². The van der Waals surface area contributed by atoms with Gasteiger partial charge in [-0.05, 0) is 59.0 Å². The van der Waals surface area contributed by atoms with Crippen LogP contribution in [0.1, 0.15) is 0 Å². The average molecular weight is 528 g/mol. The zero-order chi connectivity index (χ0) is 26.2. The maximum Gasteiger partial charge on any atom is 0.165 e. The molecule has 2 aromatic heterocycles. The maximum absolute atomic E-state index is 5.32. The number of para-hydroxylation sites is 2. The molecule has 0 radical (unpaired) electrons. The third-order valence-corrected chi connectivity index (χ3v) is 9.07. The van der Waals surface area contributed by atoms with Gasteiger partial charge < -0.3 is 0 Å². The molecule has 0 unspecified atom stereocenters. The summed E-state index contributed by atoms with van der Waals surface area (Å²) in [7, 11) is 0. The van der Waals surface area contributed by atoms with E-state index in [1.807, 2.05) is 30.0 Å². The number of hydrogen-bond acceptors (Lipinski definition) is 3. The van der Waals surface area contributed by atoms with E-state index in [-0.39, 0.29) is 0 Å². The molecule has 1 aliphatic rings. The summed E-state index contributed by atoms with van der Waals surface area (Å²) in [5.74, 6) is 0.852. The lowest BCUT2D eigenvalue weighted by Crippen LogP contribution is -2.03. The minimum absolute atomic E-state index is 0.852. The van der Waals surface area contributed by atoms with Crippen molar-refractivity contribution in [3.63, 3.8) is 0 Å². The molecule has 8 aromatic rings. The molecule has 0 fully saturated rings. The van der Waals surface area contributed by atoms with Crippen LogP contribution in [-0.4, -0.2) is 14.5 Å². The zero-order valence-electron chi connectivity index (χ0n) is 21.4. The van der Waals surface area contributed by atoms with Crippen LogP contribution < -0.4 is 0 Å². The van der Waals surface area contributed by atoms with Crippen LogP contribution in [0.2, 0.25) is 0 Å². The van der Waals surface area contributed by atoms with E-state index >= 15 is 0 Å². The van der Waals surface area contributed by atoms with Gasteiger partial charge in [0.15, 0.2) is 5.82 Å². The summed E-state index contributed by atoms with van der Waals surface area (Å²) in [6, 6.07) is 45.1. The second kappa shape index (κ2) is 8.28. The molecule has 0 saturated carbocycles. The molecule has 40 heavy (non-hydrogen) atoms. The Hall–Kier alpha value is -4.93. The quantitative estimate of drug-likeness (QED) is 0.229. The molecule has 1 aliphatic heterocycles. The topological polar surface area (TPSA) is 30.7 Å². The highest BCUT2D eigenvalue weighted by Crippen LogP contribution is 2.50. The van der Waals surface area contributed by atoms with Crippen molar-refractivity contribution in [2.45, 2.75) is 9.79 Å². The maximum atomic E-state index is 5.32. The van der Waals surface area contributed by atoms with Crippen molar-refractivity contribution >= 4 is 55.4 Å². The lowest BCUT2D eigenvalue weighted by atomic mass is 10.0. The predicted octanol–water partition coefficient (Wildman–Crippen LogP) is 9.68. The Morgan fingerprint density at radius 2 is 1.15 bits per heavy atom. The van der Waals surface area contributed by atoms with Crippen LogP contribution in [0.25, 0.3) is 71.8 Å². The molecule has 3 nitrogen and oxygen atoms in total. The van der Waals surface area contributed by atoms with Gasteiger partial charge in [0.25, 0.3) is 0 Å². The fraction of sp³-hybridized carbons (Fsp3) is 0. The number of fused-ring (bicyclic) bond motifs is 1. The van der Waals surface area contributed by atoms with E-state index in [0.29, 0.717) is 0 Å². The molecule has 6 aromatic carbocycles. The Balaban J connectivity index is 1.42. The van der Waals surface area contributed by atoms with Gasteiger partial charge in [0.2, 0.25) is 0 Å². The van der Waals surface area contributed by atoms with Crippen molar-refractivity contribution < 1.29 is 0 Å². The summed E-state index contributed by atoms with van der Waals surface area (Å²) in [5.41, 5.74) is 8.36. The van der Waals surface area contributed by atoms with Gasteiger partial charge in [-0.2, -0.15) is 0 Å². The number of rotatable bonds is 3. The molecule has 0 atom stereocenters. The number of hydrogen-bond donors (Lipinski definition) is 0. The van der Waals surface area contributed by atoms with E-state index in [4.69, 9.17) is 9.97 Å². The Morgan fingerprint density at radius 3 is 2.02 bits per heavy atom. The largest absolute Gasteiger partial charge is 0.292 e. The Kier molecular flexibility index (Phi) is 4.54. The third-order valence-electron chi connectivity index (χ3n) is 7.95. The van der Waals surface area contributed by atoms with Crippen LogP contribution in [0.4, 0.5) is 0 Å². The molecule has 0 bridgehead atoms. The highest BCUT2D eigenvalue weighted by Gasteiger charge is 2.25. The van der Waals surface area contributed by atoms with Crippen molar-refractivity contribution in [1.82, 2.24) is 14.5 Å². The summed E-state index contributed by atoms with van der Waals surface area (Å²) in [4.78, 5) is 13.2. The lowest BCUT2D eigenvalue weighted by Gasteiger charge is -2.14. The standard InChI is InChI=1S/C36H21N3S/c1-2-9-22(10-3-1)24-12-6-13-25(21-24)35-36(38-27-15-5-4-14-26(27)37-35)39-28-16-8-18-31-33(28)34-29(39)20-19-23-11-7-17-30(40-31)32(23)34/h1-21H. The first-order chi connectivity index (χ1) is 19.8. The molecule has 0 amide bonds. The molecule has 0 saturated heterocycles. The summed E-state index contributed by atoms with van der Waals surface area (Å²) in [6.45, 7) is 0. The summed E-state index contributed by atoms with van der Waals surface area (Å²) in [5, 5.41) is 5.20. The van der Waals surface area contributed by atoms with E-state index in [9.17, 15) is 0 Å². The molecule has 0 N–H and O–H groups in total. The van der Waals surface area contributed by atoms with Crippen molar-refractivity contribution in [3.05, 3.63) is 127 Å². The van der Waals surface area contributed by atoms with Gasteiger partial charge in [0.1, 0.15) is 5.69 Å². The first-order valence-electron chi connectivity index (χ1n) is 13.4. The highest BCUT2D eigenvalue weighted by molar-refractivity contribution is 8.00. The van der Waals surface area contributed by atoms with E-state index in [0.717, 1.165) is 44.7 Å². The van der Waals surface area contributed by atoms with Gasteiger partial charge in [0.05, 0.1) is 22.1 Å². The van der Waals surface area contributed by atoms with Crippen molar-refractivity contribution in [3.8, 4) is 28.2 Å². The smallest absolute Gasteiger partial charge is 0.165 e. The van der Waals surface area contributed by atoms with Crippen molar-refractivity contribution in [2.24, 2.45) is 0 Å². The van der Waals surface area contributed by atoms with E-state index < -0.39 is 0 Å². The molecule has 0 aliphatic carbocycles. The SMILES string of the molecule is c1ccc(-c2cccc(-c3nc4ccccc4nc3-n3c4cccc5c4c4c6c(cccc6ccc43)S5)c2)cc1. The average Bonchev–Trinajstić information content (AvgIpc) is 3.36. The normalized spacial score (nSPS) is 12.4. The van der Waals surface area contributed by atoms with Gasteiger partial charge >= 0.3 is 0 Å². The summed E-state index contributed by atoms with van der Waals surface area (Å²) in [6.07, 6.45) is 0. The fourth-order valence-electron chi connectivity index (χ4n) is 6.19. The zero-order valence-corrected chi connectivity index (χ0v) is 22.2. The van der Waals surface area contributed by atoms with Crippen LogP contribution in [-0.2, 0) is 0 Å². The van der Waals surface area contributed by atoms with E-state index in [1.165, 1.54) is 36.9 Å². The van der Waals surface area contributed by atoms with Gasteiger partial charge in [-0.1, -0.05) is 96.7 Å². The molecular weight excluding hydrogens is 506 g/mol. The second-order valence-electron chi connectivity index (χ2n) is 10.2. The van der Waals surface area contributed by atoms with E-state index in [1.54, 1.807) is 0 Å². The van der Waals surface area contributed by atoms with Gasteiger partial charge in [-0.15, -0.1) is 0 Å². The second-order valence-corrected chi connectivity index (χ2v) is 11.3. The van der Waals surface area contributed by atoms with Gasteiger partial charge in [-0.3, -0.25) is 4.57 Å². The first-order valence-corrected chi connectivity index (χ1v) is 14.2. The van der Waals surface area contributed by atoms with Crippen LogP contribution in [0.5, 0.6) is 0 Å². The Morgan fingerprint density at radius 1 is 0.475 bits per heavy atom. The van der Waals surface area contributed by atoms with Crippen LogP contribution in [0, 0.1) is 0 Å².